The Labute approximate surface area is 226 Å². The summed E-state index contributed by atoms with van der Waals surface area (Å²) in [6.07, 6.45) is 7.95. The molecule has 0 spiro atoms. The SMILES string of the molecule is CN1CCN(c2ccc(Nc3ncc4cc(C(=O)Nc5ccccc5Cl)n(C5CCCC5)c4n3)nc2)CC1. The standard InChI is InChI=1S/C28H31ClN8O/c1-35-12-14-36(15-13-35)21-10-11-25(30-18-21)33-28-31-17-19-16-24(27(38)32-23-9-5-4-8-22(23)29)37(26(19)34-28)20-6-2-3-7-20/h4-5,8-11,16-18,20H,2-3,6-7,12-15H2,1H3,(H,32,38)(H,30,31,33,34). The van der Waals surface area contributed by atoms with E-state index in [9.17, 15) is 4.79 Å². The number of halogens is 1. The Morgan fingerprint density at radius 2 is 1.79 bits per heavy atom. The number of para-hydroxylation sites is 1. The number of likely N-dealkylation sites (N-methyl/N-ethyl adjacent to an activating group) is 1. The van der Waals surface area contributed by atoms with E-state index in [1.165, 1.54) is 0 Å². The van der Waals surface area contributed by atoms with Gasteiger partial charge in [0.2, 0.25) is 5.95 Å². The number of pyridine rings is 1. The smallest absolute Gasteiger partial charge is 0.272 e. The minimum absolute atomic E-state index is 0.210. The Hall–Kier alpha value is -3.69. The summed E-state index contributed by atoms with van der Waals surface area (Å²) in [6.45, 7) is 4.09. The zero-order chi connectivity index (χ0) is 26.1. The fourth-order valence-electron chi connectivity index (χ4n) is 5.35. The number of benzene rings is 1. The number of amides is 1. The highest BCUT2D eigenvalue weighted by Gasteiger charge is 2.26. The summed E-state index contributed by atoms with van der Waals surface area (Å²) in [5.41, 5.74) is 3.01. The highest BCUT2D eigenvalue weighted by molar-refractivity contribution is 6.33. The molecule has 2 N–H and O–H groups in total. The van der Waals surface area contributed by atoms with E-state index in [-0.39, 0.29) is 11.9 Å². The van der Waals surface area contributed by atoms with Gasteiger partial charge in [-0.25, -0.2) is 9.97 Å². The third-order valence-electron chi connectivity index (χ3n) is 7.48. The molecule has 1 amide bonds. The predicted molar refractivity (Wildman–Crippen MR) is 152 cm³/mol. The van der Waals surface area contributed by atoms with Crippen molar-refractivity contribution < 1.29 is 4.79 Å². The molecule has 38 heavy (non-hydrogen) atoms. The molecule has 2 fully saturated rings. The van der Waals surface area contributed by atoms with Crippen LogP contribution in [0.4, 0.5) is 23.1 Å². The van der Waals surface area contributed by atoms with Crippen molar-refractivity contribution in [3.8, 4) is 0 Å². The predicted octanol–water partition coefficient (Wildman–Crippen LogP) is 5.34. The van der Waals surface area contributed by atoms with E-state index >= 15 is 0 Å². The van der Waals surface area contributed by atoms with Crippen LogP contribution in [0.15, 0.2) is 54.9 Å². The summed E-state index contributed by atoms with van der Waals surface area (Å²) in [7, 11) is 2.15. The first kappa shape index (κ1) is 24.6. The van der Waals surface area contributed by atoms with Crippen LogP contribution in [0.25, 0.3) is 11.0 Å². The summed E-state index contributed by atoms with van der Waals surface area (Å²) in [6, 6.07) is 13.4. The number of carbonyl (C=O) groups excluding carboxylic acids is 1. The molecule has 6 rings (SSSR count). The first-order valence-electron chi connectivity index (χ1n) is 13.2. The van der Waals surface area contributed by atoms with E-state index in [0.717, 1.165) is 68.6 Å². The molecule has 0 radical (unpaired) electrons. The van der Waals surface area contributed by atoms with Gasteiger partial charge in [-0.15, -0.1) is 0 Å². The summed E-state index contributed by atoms with van der Waals surface area (Å²) in [4.78, 5) is 32.0. The summed E-state index contributed by atoms with van der Waals surface area (Å²) >= 11 is 6.30. The number of rotatable bonds is 6. The zero-order valence-corrected chi connectivity index (χ0v) is 22.2. The quantitative estimate of drug-likeness (QED) is 0.347. The van der Waals surface area contributed by atoms with Gasteiger partial charge in [-0.2, -0.15) is 4.98 Å². The van der Waals surface area contributed by atoms with Crippen LogP contribution in [0.3, 0.4) is 0 Å². The van der Waals surface area contributed by atoms with Crippen molar-refractivity contribution in [3.05, 3.63) is 65.6 Å². The van der Waals surface area contributed by atoms with Gasteiger partial charge in [0.15, 0.2) is 0 Å². The van der Waals surface area contributed by atoms with Crippen molar-refractivity contribution in [1.29, 1.82) is 0 Å². The van der Waals surface area contributed by atoms with Gasteiger partial charge in [0.25, 0.3) is 5.91 Å². The van der Waals surface area contributed by atoms with E-state index in [1.54, 1.807) is 18.3 Å². The Morgan fingerprint density at radius 3 is 2.53 bits per heavy atom. The van der Waals surface area contributed by atoms with Crippen LogP contribution in [0.1, 0.15) is 42.2 Å². The third kappa shape index (κ3) is 5.04. The lowest BCUT2D eigenvalue weighted by Crippen LogP contribution is -2.44. The van der Waals surface area contributed by atoms with Crippen LogP contribution >= 0.6 is 11.6 Å². The van der Waals surface area contributed by atoms with Gasteiger partial charge in [-0.3, -0.25) is 4.79 Å². The lowest BCUT2D eigenvalue weighted by molar-refractivity contribution is 0.101. The van der Waals surface area contributed by atoms with Crippen molar-refractivity contribution in [2.75, 3.05) is 48.8 Å². The fourth-order valence-corrected chi connectivity index (χ4v) is 5.53. The number of carbonyl (C=O) groups is 1. The van der Waals surface area contributed by atoms with E-state index in [4.69, 9.17) is 16.6 Å². The van der Waals surface area contributed by atoms with Crippen LogP contribution in [0, 0.1) is 0 Å². The Balaban J connectivity index is 1.27. The van der Waals surface area contributed by atoms with Crippen molar-refractivity contribution in [2.45, 2.75) is 31.7 Å². The molecule has 9 nitrogen and oxygen atoms in total. The first-order valence-corrected chi connectivity index (χ1v) is 13.5. The molecule has 10 heteroatoms. The van der Waals surface area contributed by atoms with E-state index in [1.807, 2.05) is 30.5 Å². The summed E-state index contributed by atoms with van der Waals surface area (Å²) in [5, 5.41) is 7.54. The molecule has 1 saturated carbocycles. The number of hydrogen-bond donors (Lipinski definition) is 2. The molecule has 4 heterocycles. The number of fused-ring (bicyclic) bond motifs is 1. The number of nitrogens with zero attached hydrogens (tertiary/aromatic N) is 6. The average Bonchev–Trinajstić information content (AvgIpc) is 3.59. The third-order valence-corrected chi connectivity index (χ3v) is 7.81. The molecule has 0 bridgehead atoms. The topological polar surface area (TPSA) is 91.2 Å². The molecule has 196 valence electrons. The van der Waals surface area contributed by atoms with Gasteiger partial charge >= 0.3 is 0 Å². The van der Waals surface area contributed by atoms with Crippen molar-refractivity contribution in [3.63, 3.8) is 0 Å². The molecule has 1 saturated heterocycles. The van der Waals surface area contributed by atoms with Crippen molar-refractivity contribution in [1.82, 2.24) is 24.4 Å². The molecule has 3 aromatic heterocycles. The maximum atomic E-state index is 13.4. The van der Waals surface area contributed by atoms with Gasteiger partial charge in [-0.05, 0) is 50.2 Å². The molecule has 1 aliphatic heterocycles. The van der Waals surface area contributed by atoms with E-state index in [2.05, 4.69) is 48.1 Å². The Morgan fingerprint density at radius 1 is 1.00 bits per heavy atom. The Kier molecular flexibility index (Phi) is 6.86. The maximum Gasteiger partial charge on any atom is 0.272 e. The fraction of sp³-hybridized carbons (Fsp3) is 0.357. The molecule has 1 aliphatic carbocycles. The number of hydrogen-bond acceptors (Lipinski definition) is 7. The van der Waals surface area contributed by atoms with Crippen molar-refractivity contribution in [2.24, 2.45) is 0 Å². The van der Waals surface area contributed by atoms with Crippen LogP contribution < -0.4 is 15.5 Å². The molecule has 2 aliphatic rings. The average molecular weight is 531 g/mol. The molecular formula is C28H31ClN8O. The second kappa shape index (κ2) is 10.6. The van der Waals surface area contributed by atoms with Crippen LogP contribution in [0.2, 0.25) is 5.02 Å². The molecule has 1 aromatic carbocycles. The van der Waals surface area contributed by atoms with Crippen LogP contribution in [-0.4, -0.2) is 63.6 Å². The monoisotopic (exact) mass is 530 g/mol. The normalized spacial score (nSPS) is 16.7. The summed E-state index contributed by atoms with van der Waals surface area (Å²) in [5.74, 6) is 0.921. The van der Waals surface area contributed by atoms with Gasteiger partial charge in [0.05, 0.1) is 22.6 Å². The molecule has 0 atom stereocenters. The maximum absolute atomic E-state index is 13.4. The van der Waals surface area contributed by atoms with Crippen molar-refractivity contribution >= 4 is 51.7 Å². The van der Waals surface area contributed by atoms with Crippen LogP contribution in [0.5, 0.6) is 0 Å². The number of piperazine rings is 1. The second-order valence-electron chi connectivity index (χ2n) is 10.1. The van der Waals surface area contributed by atoms with Crippen LogP contribution in [-0.2, 0) is 0 Å². The number of anilines is 4. The van der Waals surface area contributed by atoms with E-state index in [0.29, 0.717) is 28.2 Å². The Bertz CT molecular complexity index is 1440. The van der Waals surface area contributed by atoms with Gasteiger partial charge in [0, 0.05) is 43.8 Å². The largest absolute Gasteiger partial charge is 0.368 e. The lowest BCUT2D eigenvalue weighted by Gasteiger charge is -2.33. The molecule has 0 unspecified atom stereocenters. The lowest BCUT2D eigenvalue weighted by atomic mass is 10.2. The summed E-state index contributed by atoms with van der Waals surface area (Å²) < 4.78 is 2.07. The van der Waals surface area contributed by atoms with Gasteiger partial charge < -0.3 is 25.0 Å². The number of aromatic nitrogens is 4. The second-order valence-corrected chi connectivity index (χ2v) is 10.5. The highest BCUT2D eigenvalue weighted by atomic mass is 35.5. The van der Waals surface area contributed by atoms with E-state index < -0.39 is 0 Å². The zero-order valence-electron chi connectivity index (χ0n) is 21.4. The first-order chi connectivity index (χ1) is 18.5. The number of nitrogens with one attached hydrogen (secondary N) is 2. The molecular weight excluding hydrogens is 500 g/mol. The van der Waals surface area contributed by atoms with Gasteiger partial charge in [0.1, 0.15) is 17.2 Å². The minimum Gasteiger partial charge on any atom is -0.368 e. The molecule has 4 aromatic rings. The highest BCUT2D eigenvalue weighted by Crippen LogP contribution is 2.35. The van der Waals surface area contributed by atoms with Gasteiger partial charge in [-0.1, -0.05) is 36.6 Å². The minimum atomic E-state index is -0.210.